The summed E-state index contributed by atoms with van der Waals surface area (Å²) >= 11 is 0. The molecule has 0 radical (unpaired) electrons. The summed E-state index contributed by atoms with van der Waals surface area (Å²) in [6, 6.07) is 13.5. The topological polar surface area (TPSA) is 3.24 Å². The van der Waals surface area contributed by atoms with Crippen molar-refractivity contribution in [2.24, 2.45) is 0 Å². The molecule has 0 N–H and O–H groups in total. The fraction of sp³-hybridized carbons (Fsp3) is 0.368. The molecule has 104 valence electrons. The Kier molecular flexibility index (Phi) is 3.52. The highest BCUT2D eigenvalue weighted by atomic mass is 15.1. The maximum absolute atomic E-state index is 2.48. The quantitative estimate of drug-likeness (QED) is 0.783. The summed E-state index contributed by atoms with van der Waals surface area (Å²) in [4.78, 5) is 2.48. The van der Waals surface area contributed by atoms with Crippen molar-refractivity contribution in [3.05, 3.63) is 53.1 Å². The maximum atomic E-state index is 2.48. The second kappa shape index (κ2) is 5.32. The molecule has 2 aromatic rings. The van der Waals surface area contributed by atoms with Crippen LogP contribution >= 0.6 is 0 Å². The predicted molar refractivity (Wildman–Crippen MR) is 87.6 cm³/mol. The molecule has 1 aliphatic rings. The Hall–Kier alpha value is -1.76. The lowest BCUT2D eigenvalue weighted by Gasteiger charge is -2.18. The van der Waals surface area contributed by atoms with Gasteiger partial charge in [0.1, 0.15) is 0 Å². The molecular weight excluding hydrogens is 242 g/mol. The molecule has 1 heteroatoms. The SMILES string of the molecule is CCc1cccc(-c2cccc3c2CCN3CC)c1C. The Morgan fingerprint density at radius 1 is 1.00 bits per heavy atom. The van der Waals surface area contributed by atoms with E-state index in [0.717, 1.165) is 19.5 Å². The largest absolute Gasteiger partial charge is 0.371 e. The number of benzene rings is 2. The van der Waals surface area contributed by atoms with Crippen molar-refractivity contribution in [2.75, 3.05) is 18.0 Å². The minimum Gasteiger partial charge on any atom is -0.371 e. The first-order chi connectivity index (χ1) is 9.76. The van der Waals surface area contributed by atoms with Crippen LogP contribution in [-0.4, -0.2) is 13.1 Å². The highest BCUT2D eigenvalue weighted by Gasteiger charge is 2.21. The van der Waals surface area contributed by atoms with Gasteiger partial charge in [0.2, 0.25) is 0 Å². The molecule has 0 saturated carbocycles. The van der Waals surface area contributed by atoms with E-state index in [-0.39, 0.29) is 0 Å². The van der Waals surface area contributed by atoms with E-state index in [1.54, 1.807) is 0 Å². The molecule has 1 aliphatic heterocycles. The third-order valence-corrected chi connectivity index (χ3v) is 4.62. The van der Waals surface area contributed by atoms with Crippen molar-refractivity contribution in [3.8, 4) is 11.1 Å². The van der Waals surface area contributed by atoms with Crippen LogP contribution in [0.15, 0.2) is 36.4 Å². The van der Waals surface area contributed by atoms with Crippen LogP contribution in [0.5, 0.6) is 0 Å². The van der Waals surface area contributed by atoms with Gasteiger partial charge in [-0.3, -0.25) is 0 Å². The molecule has 0 spiro atoms. The third kappa shape index (κ3) is 2.02. The molecule has 0 bridgehead atoms. The lowest BCUT2D eigenvalue weighted by atomic mass is 9.91. The molecule has 1 heterocycles. The van der Waals surface area contributed by atoms with E-state index >= 15 is 0 Å². The first-order valence-electron chi connectivity index (χ1n) is 7.72. The fourth-order valence-corrected chi connectivity index (χ4v) is 3.44. The van der Waals surface area contributed by atoms with Gasteiger partial charge in [-0.25, -0.2) is 0 Å². The average Bonchev–Trinajstić information content (AvgIpc) is 2.90. The Labute approximate surface area is 122 Å². The zero-order chi connectivity index (χ0) is 14.1. The van der Waals surface area contributed by atoms with Gasteiger partial charge in [-0.05, 0) is 60.6 Å². The molecule has 20 heavy (non-hydrogen) atoms. The molecule has 0 aliphatic carbocycles. The van der Waals surface area contributed by atoms with Crippen LogP contribution in [0, 0.1) is 6.92 Å². The van der Waals surface area contributed by atoms with E-state index in [4.69, 9.17) is 0 Å². The lowest BCUT2D eigenvalue weighted by Crippen LogP contribution is -2.18. The van der Waals surface area contributed by atoms with Crippen molar-refractivity contribution >= 4 is 5.69 Å². The molecule has 1 nitrogen and oxygen atoms in total. The van der Waals surface area contributed by atoms with E-state index in [9.17, 15) is 0 Å². The normalized spacial score (nSPS) is 13.7. The van der Waals surface area contributed by atoms with Gasteiger partial charge < -0.3 is 4.90 Å². The number of hydrogen-bond donors (Lipinski definition) is 0. The third-order valence-electron chi connectivity index (χ3n) is 4.62. The van der Waals surface area contributed by atoms with Crippen molar-refractivity contribution in [1.82, 2.24) is 0 Å². The Morgan fingerprint density at radius 3 is 2.50 bits per heavy atom. The Morgan fingerprint density at radius 2 is 1.75 bits per heavy atom. The molecule has 0 aromatic heterocycles. The summed E-state index contributed by atoms with van der Waals surface area (Å²) in [5.41, 5.74) is 8.73. The van der Waals surface area contributed by atoms with E-state index in [2.05, 4.69) is 62.1 Å². The van der Waals surface area contributed by atoms with Crippen LogP contribution in [0.2, 0.25) is 0 Å². The van der Waals surface area contributed by atoms with E-state index in [1.807, 2.05) is 0 Å². The Bertz CT molecular complexity index is 628. The van der Waals surface area contributed by atoms with Crippen molar-refractivity contribution < 1.29 is 0 Å². The highest BCUT2D eigenvalue weighted by molar-refractivity contribution is 5.78. The fourth-order valence-electron chi connectivity index (χ4n) is 3.44. The predicted octanol–water partition coefficient (Wildman–Crippen LogP) is 4.61. The average molecular weight is 265 g/mol. The van der Waals surface area contributed by atoms with Gasteiger partial charge in [0, 0.05) is 18.8 Å². The summed E-state index contributed by atoms with van der Waals surface area (Å²) in [7, 11) is 0. The van der Waals surface area contributed by atoms with E-state index in [1.165, 1.54) is 39.9 Å². The molecule has 0 atom stereocenters. The number of aryl methyl sites for hydroxylation is 1. The Balaban J connectivity index is 2.15. The van der Waals surface area contributed by atoms with Crippen LogP contribution < -0.4 is 4.90 Å². The van der Waals surface area contributed by atoms with Crippen LogP contribution in [0.3, 0.4) is 0 Å². The van der Waals surface area contributed by atoms with Crippen LogP contribution in [-0.2, 0) is 12.8 Å². The first kappa shape index (κ1) is 13.2. The van der Waals surface area contributed by atoms with Crippen molar-refractivity contribution in [2.45, 2.75) is 33.6 Å². The molecule has 2 aromatic carbocycles. The van der Waals surface area contributed by atoms with Crippen molar-refractivity contribution in [1.29, 1.82) is 0 Å². The standard InChI is InChI=1S/C19H23N/c1-4-15-8-6-9-16(14(15)3)17-10-7-11-19-18(17)12-13-20(19)5-2/h6-11H,4-5,12-13H2,1-3H3. The monoisotopic (exact) mass is 265 g/mol. The number of hydrogen-bond acceptors (Lipinski definition) is 1. The molecule has 0 amide bonds. The highest BCUT2D eigenvalue weighted by Crippen LogP contribution is 2.37. The summed E-state index contributed by atoms with van der Waals surface area (Å²) in [5, 5.41) is 0. The van der Waals surface area contributed by atoms with Crippen LogP contribution in [0.25, 0.3) is 11.1 Å². The smallest absolute Gasteiger partial charge is 0.0405 e. The minimum absolute atomic E-state index is 1.10. The molecule has 0 saturated heterocycles. The molecular formula is C19H23N. The molecule has 0 fully saturated rings. The number of nitrogens with zero attached hydrogens (tertiary/aromatic N) is 1. The van der Waals surface area contributed by atoms with Crippen LogP contribution in [0.1, 0.15) is 30.5 Å². The van der Waals surface area contributed by atoms with Gasteiger partial charge >= 0.3 is 0 Å². The molecule has 3 rings (SSSR count). The maximum Gasteiger partial charge on any atom is 0.0405 e. The van der Waals surface area contributed by atoms with Gasteiger partial charge in [0.25, 0.3) is 0 Å². The number of likely N-dealkylation sites (N-methyl/N-ethyl adjacent to an activating group) is 1. The second-order valence-corrected chi connectivity index (χ2v) is 5.58. The minimum atomic E-state index is 1.10. The first-order valence-corrected chi connectivity index (χ1v) is 7.72. The lowest BCUT2D eigenvalue weighted by molar-refractivity contribution is 0.868. The summed E-state index contributed by atoms with van der Waals surface area (Å²) in [6.45, 7) is 9.00. The summed E-state index contributed by atoms with van der Waals surface area (Å²) in [6.07, 6.45) is 2.28. The van der Waals surface area contributed by atoms with Crippen molar-refractivity contribution in [3.63, 3.8) is 0 Å². The van der Waals surface area contributed by atoms with Gasteiger partial charge in [-0.1, -0.05) is 37.3 Å². The van der Waals surface area contributed by atoms with Gasteiger partial charge in [-0.15, -0.1) is 0 Å². The van der Waals surface area contributed by atoms with Gasteiger partial charge in [-0.2, -0.15) is 0 Å². The zero-order valence-electron chi connectivity index (χ0n) is 12.7. The number of fused-ring (bicyclic) bond motifs is 1. The van der Waals surface area contributed by atoms with E-state index < -0.39 is 0 Å². The van der Waals surface area contributed by atoms with Gasteiger partial charge in [0.15, 0.2) is 0 Å². The summed E-state index contributed by atoms with van der Waals surface area (Å²) in [5.74, 6) is 0. The molecule has 0 unspecified atom stereocenters. The second-order valence-electron chi connectivity index (χ2n) is 5.58. The van der Waals surface area contributed by atoms with Gasteiger partial charge in [0.05, 0.1) is 0 Å². The van der Waals surface area contributed by atoms with Crippen LogP contribution in [0.4, 0.5) is 5.69 Å². The zero-order valence-corrected chi connectivity index (χ0v) is 12.7. The number of anilines is 1. The summed E-state index contributed by atoms with van der Waals surface area (Å²) < 4.78 is 0. The van der Waals surface area contributed by atoms with E-state index in [0.29, 0.717) is 0 Å². The number of rotatable bonds is 3.